The molecule has 0 atom stereocenters. The summed E-state index contributed by atoms with van der Waals surface area (Å²) in [6.45, 7) is 1.89. The number of amides is 1. The number of aryl methyl sites for hydroxylation is 1. The van der Waals surface area contributed by atoms with Crippen LogP contribution in [0.25, 0.3) is 22.1 Å². The van der Waals surface area contributed by atoms with Crippen molar-refractivity contribution in [2.75, 3.05) is 5.32 Å². The standard InChI is InChI=1S/C23H17NO3/c1-15-7-2-4-11-19(15)22(25)24-18-10-6-9-16(13-18)20-14-17-8-3-5-12-21(17)27-23(20)26/h2-14H,1H3,(H,24,25). The number of rotatable bonds is 3. The highest BCUT2D eigenvalue weighted by atomic mass is 16.4. The van der Waals surface area contributed by atoms with Crippen molar-refractivity contribution in [3.05, 3.63) is 100 Å². The van der Waals surface area contributed by atoms with Gasteiger partial charge in [0.1, 0.15) is 5.58 Å². The van der Waals surface area contributed by atoms with E-state index in [1.54, 1.807) is 30.3 Å². The second-order valence-electron chi connectivity index (χ2n) is 6.34. The number of nitrogens with one attached hydrogen (secondary N) is 1. The van der Waals surface area contributed by atoms with E-state index >= 15 is 0 Å². The molecule has 3 aromatic carbocycles. The van der Waals surface area contributed by atoms with Crippen LogP contribution in [-0.4, -0.2) is 5.91 Å². The summed E-state index contributed by atoms with van der Waals surface area (Å²) in [5.41, 5.74) is 3.44. The van der Waals surface area contributed by atoms with Crippen LogP contribution in [-0.2, 0) is 0 Å². The molecule has 4 rings (SSSR count). The lowest BCUT2D eigenvalue weighted by Gasteiger charge is -2.09. The third-order valence-corrected chi connectivity index (χ3v) is 4.46. The highest BCUT2D eigenvalue weighted by molar-refractivity contribution is 6.05. The van der Waals surface area contributed by atoms with Crippen LogP contribution < -0.4 is 10.9 Å². The van der Waals surface area contributed by atoms with Crippen molar-refractivity contribution in [3.8, 4) is 11.1 Å². The van der Waals surface area contributed by atoms with Crippen LogP contribution >= 0.6 is 0 Å². The fourth-order valence-corrected chi connectivity index (χ4v) is 3.05. The van der Waals surface area contributed by atoms with Crippen molar-refractivity contribution in [2.45, 2.75) is 6.92 Å². The van der Waals surface area contributed by atoms with Crippen molar-refractivity contribution in [1.29, 1.82) is 0 Å². The first kappa shape index (κ1) is 16.8. The van der Waals surface area contributed by atoms with E-state index in [0.29, 0.717) is 28.0 Å². The lowest BCUT2D eigenvalue weighted by molar-refractivity contribution is 0.102. The second-order valence-corrected chi connectivity index (χ2v) is 6.34. The van der Waals surface area contributed by atoms with Crippen LogP contribution in [0.5, 0.6) is 0 Å². The van der Waals surface area contributed by atoms with Crippen LogP contribution in [0.3, 0.4) is 0 Å². The fraction of sp³-hybridized carbons (Fsp3) is 0.0435. The molecule has 0 bridgehead atoms. The Morgan fingerprint density at radius 3 is 2.52 bits per heavy atom. The molecule has 1 heterocycles. The molecule has 1 aromatic heterocycles. The van der Waals surface area contributed by atoms with Gasteiger partial charge in [-0.15, -0.1) is 0 Å². The van der Waals surface area contributed by atoms with Gasteiger partial charge in [-0.1, -0.05) is 48.5 Å². The second kappa shape index (κ2) is 6.92. The first-order chi connectivity index (χ1) is 13.1. The predicted molar refractivity (Wildman–Crippen MR) is 107 cm³/mol. The molecule has 4 nitrogen and oxygen atoms in total. The Morgan fingerprint density at radius 1 is 0.889 bits per heavy atom. The van der Waals surface area contributed by atoms with Gasteiger partial charge in [0.05, 0.1) is 5.56 Å². The first-order valence-electron chi connectivity index (χ1n) is 8.62. The number of hydrogen-bond donors (Lipinski definition) is 1. The van der Waals surface area contributed by atoms with Gasteiger partial charge >= 0.3 is 5.63 Å². The summed E-state index contributed by atoms with van der Waals surface area (Å²) >= 11 is 0. The lowest BCUT2D eigenvalue weighted by Crippen LogP contribution is -2.13. The summed E-state index contributed by atoms with van der Waals surface area (Å²) in [7, 11) is 0. The Balaban J connectivity index is 1.69. The quantitative estimate of drug-likeness (QED) is 0.525. The van der Waals surface area contributed by atoms with Crippen LogP contribution in [0.15, 0.2) is 88.1 Å². The molecule has 0 aliphatic rings. The topological polar surface area (TPSA) is 59.3 Å². The van der Waals surface area contributed by atoms with E-state index < -0.39 is 5.63 Å². The molecular weight excluding hydrogens is 338 g/mol. The molecule has 0 radical (unpaired) electrons. The van der Waals surface area contributed by atoms with E-state index in [1.165, 1.54) is 0 Å². The van der Waals surface area contributed by atoms with E-state index in [2.05, 4.69) is 5.32 Å². The largest absolute Gasteiger partial charge is 0.422 e. The Kier molecular flexibility index (Phi) is 4.30. The maximum atomic E-state index is 12.5. The van der Waals surface area contributed by atoms with E-state index in [4.69, 9.17) is 4.42 Å². The Hall–Kier alpha value is -3.66. The molecular formula is C23H17NO3. The minimum Gasteiger partial charge on any atom is -0.422 e. The third-order valence-electron chi connectivity index (χ3n) is 4.46. The van der Waals surface area contributed by atoms with Crippen LogP contribution in [0.1, 0.15) is 15.9 Å². The molecule has 0 aliphatic heterocycles. The van der Waals surface area contributed by atoms with Gasteiger partial charge in [0, 0.05) is 16.6 Å². The zero-order valence-corrected chi connectivity index (χ0v) is 14.7. The van der Waals surface area contributed by atoms with Crippen LogP contribution in [0, 0.1) is 6.92 Å². The fourth-order valence-electron chi connectivity index (χ4n) is 3.05. The lowest BCUT2D eigenvalue weighted by atomic mass is 10.0. The van der Waals surface area contributed by atoms with Crippen molar-refractivity contribution in [1.82, 2.24) is 0 Å². The maximum absolute atomic E-state index is 12.5. The van der Waals surface area contributed by atoms with Gasteiger partial charge in [0.15, 0.2) is 0 Å². The van der Waals surface area contributed by atoms with Gasteiger partial charge in [-0.2, -0.15) is 0 Å². The number of carbonyl (C=O) groups excluding carboxylic acids is 1. The van der Waals surface area contributed by atoms with Crippen molar-refractivity contribution in [3.63, 3.8) is 0 Å². The Morgan fingerprint density at radius 2 is 1.67 bits per heavy atom. The smallest absolute Gasteiger partial charge is 0.344 e. The van der Waals surface area contributed by atoms with Crippen molar-refractivity contribution in [2.24, 2.45) is 0 Å². The molecule has 1 N–H and O–H groups in total. The summed E-state index contributed by atoms with van der Waals surface area (Å²) in [4.78, 5) is 24.9. The molecule has 0 spiro atoms. The van der Waals surface area contributed by atoms with Crippen molar-refractivity contribution >= 4 is 22.6 Å². The van der Waals surface area contributed by atoms with Crippen molar-refractivity contribution < 1.29 is 9.21 Å². The number of fused-ring (bicyclic) bond motifs is 1. The average molecular weight is 355 g/mol. The number of hydrogen-bond acceptors (Lipinski definition) is 3. The number of anilines is 1. The molecule has 0 saturated carbocycles. The average Bonchev–Trinajstić information content (AvgIpc) is 2.68. The Bertz CT molecular complexity index is 1210. The third kappa shape index (κ3) is 3.37. The number of carbonyl (C=O) groups is 1. The summed E-state index contributed by atoms with van der Waals surface area (Å²) in [5.74, 6) is -0.184. The highest BCUT2D eigenvalue weighted by Crippen LogP contribution is 2.24. The molecule has 27 heavy (non-hydrogen) atoms. The zero-order valence-electron chi connectivity index (χ0n) is 14.7. The number of benzene rings is 3. The summed E-state index contributed by atoms with van der Waals surface area (Å²) < 4.78 is 5.41. The van der Waals surface area contributed by atoms with Gasteiger partial charge in [-0.3, -0.25) is 4.79 Å². The van der Waals surface area contributed by atoms with E-state index in [-0.39, 0.29) is 5.91 Å². The molecule has 4 aromatic rings. The van der Waals surface area contributed by atoms with Crippen LogP contribution in [0.4, 0.5) is 5.69 Å². The molecule has 0 unspecified atom stereocenters. The minimum atomic E-state index is -0.406. The molecule has 0 saturated heterocycles. The first-order valence-corrected chi connectivity index (χ1v) is 8.62. The van der Waals surface area contributed by atoms with E-state index in [1.807, 2.05) is 55.5 Å². The minimum absolute atomic E-state index is 0.184. The highest BCUT2D eigenvalue weighted by Gasteiger charge is 2.11. The maximum Gasteiger partial charge on any atom is 0.344 e. The van der Waals surface area contributed by atoms with Gasteiger partial charge < -0.3 is 9.73 Å². The monoisotopic (exact) mass is 355 g/mol. The van der Waals surface area contributed by atoms with Gasteiger partial charge in [0.2, 0.25) is 0 Å². The molecule has 132 valence electrons. The normalized spacial score (nSPS) is 10.7. The molecule has 0 aliphatic carbocycles. The molecule has 1 amide bonds. The Labute approximate surface area is 156 Å². The summed E-state index contributed by atoms with van der Waals surface area (Å²) in [6, 6.07) is 23.8. The van der Waals surface area contributed by atoms with E-state index in [9.17, 15) is 9.59 Å². The van der Waals surface area contributed by atoms with Gasteiger partial charge in [-0.05, 0) is 48.4 Å². The molecule has 0 fully saturated rings. The molecule has 4 heteroatoms. The SMILES string of the molecule is Cc1ccccc1C(=O)Nc1cccc(-c2cc3ccccc3oc2=O)c1. The van der Waals surface area contributed by atoms with E-state index in [0.717, 1.165) is 10.9 Å². The van der Waals surface area contributed by atoms with Gasteiger partial charge in [-0.25, -0.2) is 4.79 Å². The van der Waals surface area contributed by atoms with Gasteiger partial charge in [0.25, 0.3) is 5.91 Å². The van der Waals surface area contributed by atoms with Crippen LogP contribution in [0.2, 0.25) is 0 Å². The summed E-state index contributed by atoms with van der Waals surface area (Å²) in [5, 5.41) is 3.74. The predicted octanol–water partition coefficient (Wildman–Crippen LogP) is 5.02. The summed E-state index contributed by atoms with van der Waals surface area (Å²) in [6.07, 6.45) is 0. The zero-order chi connectivity index (χ0) is 18.8. The number of para-hydroxylation sites is 1.